The number of hydrogen-bond acceptors (Lipinski definition) is 3. The van der Waals surface area contributed by atoms with Gasteiger partial charge in [-0.25, -0.2) is 17.1 Å². The van der Waals surface area contributed by atoms with Crippen molar-refractivity contribution in [3.05, 3.63) is 58.9 Å². The third kappa shape index (κ3) is 3.89. The van der Waals surface area contributed by atoms with Crippen LogP contribution in [0, 0.1) is 25.6 Å². The second kappa shape index (κ2) is 7.05. The number of carbonyl (C=O) groups excluding carboxylic acids is 1. The molecule has 27 heavy (non-hydrogen) atoms. The molecule has 0 radical (unpaired) electrons. The molecule has 1 fully saturated rings. The summed E-state index contributed by atoms with van der Waals surface area (Å²) in [5.41, 5.74) is 3.07. The number of sulfonamides is 1. The van der Waals surface area contributed by atoms with Gasteiger partial charge in [0.25, 0.3) is 0 Å². The summed E-state index contributed by atoms with van der Waals surface area (Å²) < 4.78 is 39.1. The van der Waals surface area contributed by atoms with Crippen LogP contribution in [0.5, 0.6) is 0 Å². The Hall–Kier alpha value is -2.25. The van der Waals surface area contributed by atoms with E-state index in [1.165, 1.54) is 32.3 Å². The minimum Gasteiger partial charge on any atom is -0.326 e. The number of benzene rings is 2. The Morgan fingerprint density at radius 3 is 2.37 bits per heavy atom. The molecule has 2 aromatic carbocycles. The number of aryl methyl sites for hydroxylation is 1. The lowest BCUT2D eigenvalue weighted by Gasteiger charge is -2.16. The fraction of sp³-hybridized carbons (Fsp3) is 0.350. The summed E-state index contributed by atoms with van der Waals surface area (Å²) >= 11 is 0. The van der Waals surface area contributed by atoms with E-state index in [4.69, 9.17) is 0 Å². The Balaban J connectivity index is 1.80. The van der Waals surface area contributed by atoms with Gasteiger partial charge in [0.2, 0.25) is 15.9 Å². The lowest BCUT2D eigenvalue weighted by molar-refractivity contribution is -0.117. The number of halogens is 1. The molecule has 1 aliphatic rings. The van der Waals surface area contributed by atoms with Gasteiger partial charge in [-0.1, -0.05) is 12.1 Å². The molecule has 0 aliphatic heterocycles. The maximum absolute atomic E-state index is 13.1. The Bertz CT molecular complexity index is 985. The molecule has 2 aromatic rings. The number of nitrogens with zero attached hydrogens (tertiary/aromatic N) is 1. The molecule has 0 heterocycles. The van der Waals surface area contributed by atoms with Crippen LogP contribution in [0.3, 0.4) is 0 Å². The number of amides is 1. The van der Waals surface area contributed by atoms with Gasteiger partial charge in [0.1, 0.15) is 5.82 Å². The van der Waals surface area contributed by atoms with Crippen LogP contribution in [-0.2, 0) is 14.8 Å². The maximum atomic E-state index is 13.1. The van der Waals surface area contributed by atoms with Crippen LogP contribution >= 0.6 is 0 Å². The van der Waals surface area contributed by atoms with E-state index < -0.39 is 10.0 Å². The zero-order valence-corrected chi connectivity index (χ0v) is 16.6. The molecule has 1 saturated carbocycles. The van der Waals surface area contributed by atoms with Crippen LogP contribution in [0.1, 0.15) is 29.0 Å². The van der Waals surface area contributed by atoms with E-state index in [1.807, 2.05) is 13.8 Å². The Morgan fingerprint density at radius 1 is 1.15 bits per heavy atom. The maximum Gasteiger partial charge on any atom is 0.242 e. The van der Waals surface area contributed by atoms with Crippen LogP contribution in [0.4, 0.5) is 10.1 Å². The van der Waals surface area contributed by atoms with E-state index in [0.29, 0.717) is 12.1 Å². The SMILES string of the molecule is Cc1cc(S(=O)(=O)N(C)C)cc(NC(=O)C2CC2c2ccc(F)cc2)c1C. The number of anilines is 1. The molecule has 0 aromatic heterocycles. The first kappa shape index (κ1) is 19.5. The second-order valence-electron chi connectivity index (χ2n) is 7.19. The van der Waals surface area contributed by atoms with Crippen molar-refractivity contribution >= 4 is 21.6 Å². The normalized spacial score (nSPS) is 19.2. The predicted octanol–water partition coefficient (Wildman–Crippen LogP) is 3.44. The second-order valence-corrected chi connectivity index (χ2v) is 9.34. The van der Waals surface area contributed by atoms with Gasteiger partial charge in [0, 0.05) is 25.7 Å². The standard InChI is InChI=1S/C20H23FN2O3S/c1-12-9-16(27(25,26)23(3)4)10-19(13(12)2)22-20(24)18-11-17(18)14-5-7-15(21)8-6-14/h5-10,17-18H,11H2,1-4H3,(H,22,24). The molecule has 3 rings (SSSR count). The minimum absolute atomic E-state index is 0.0701. The van der Waals surface area contributed by atoms with Gasteiger partial charge < -0.3 is 5.32 Å². The van der Waals surface area contributed by atoms with E-state index in [1.54, 1.807) is 18.2 Å². The molecule has 144 valence electrons. The summed E-state index contributed by atoms with van der Waals surface area (Å²) in [4.78, 5) is 12.8. The molecule has 5 nitrogen and oxygen atoms in total. The fourth-order valence-electron chi connectivity index (χ4n) is 3.10. The highest BCUT2D eigenvalue weighted by Gasteiger charge is 2.44. The number of hydrogen-bond donors (Lipinski definition) is 1. The average molecular weight is 390 g/mol. The van der Waals surface area contributed by atoms with Crippen molar-refractivity contribution in [1.82, 2.24) is 4.31 Å². The van der Waals surface area contributed by atoms with E-state index in [-0.39, 0.29) is 28.5 Å². The van der Waals surface area contributed by atoms with Gasteiger partial charge in [-0.2, -0.15) is 0 Å². The first-order valence-corrected chi connectivity index (χ1v) is 10.2. The number of nitrogens with one attached hydrogen (secondary N) is 1. The molecule has 0 spiro atoms. The molecular weight excluding hydrogens is 367 g/mol. The van der Waals surface area contributed by atoms with Gasteiger partial charge in [0.05, 0.1) is 4.90 Å². The van der Waals surface area contributed by atoms with E-state index in [0.717, 1.165) is 21.0 Å². The lowest BCUT2D eigenvalue weighted by atomic mass is 10.1. The van der Waals surface area contributed by atoms with Crippen molar-refractivity contribution in [2.24, 2.45) is 5.92 Å². The number of carbonyl (C=O) groups is 1. The highest BCUT2D eigenvalue weighted by molar-refractivity contribution is 7.89. The van der Waals surface area contributed by atoms with Crippen molar-refractivity contribution in [3.8, 4) is 0 Å². The topological polar surface area (TPSA) is 66.5 Å². The van der Waals surface area contributed by atoms with E-state index >= 15 is 0 Å². The fourth-order valence-corrected chi connectivity index (χ4v) is 4.12. The van der Waals surface area contributed by atoms with Gasteiger partial charge in [-0.3, -0.25) is 4.79 Å². The number of rotatable bonds is 5. The molecular formula is C20H23FN2O3S. The van der Waals surface area contributed by atoms with E-state index in [2.05, 4.69) is 5.32 Å². The van der Waals surface area contributed by atoms with Crippen LogP contribution < -0.4 is 5.32 Å². The van der Waals surface area contributed by atoms with Crippen molar-refractivity contribution in [2.75, 3.05) is 19.4 Å². The van der Waals surface area contributed by atoms with Gasteiger partial charge in [-0.15, -0.1) is 0 Å². The molecule has 2 unspecified atom stereocenters. The monoisotopic (exact) mass is 390 g/mol. The van der Waals surface area contributed by atoms with E-state index in [9.17, 15) is 17.6 Å². The first-order chi connectivity index (χ1) is 12.6. The molecule has 2 atom stereocenters. The molecule has 1 N–H and O–H groups in total. The highest BCUT2D eigenvalue weighted by Crippen LogP contribution is 2.48. The quantitative estimate of drug-likeness (QED) is 0.851. The summed E-state index contributed by atoms with van der Waals surface area (Å²) in [7, 11) is -0.645. The van der Waals surface area contributed by atoms with Crippen molar-refractivity contribution in [2.45, 2.75) is 31.1 Å². The first-order valence-electron chi connectivity index (χ1n) is 8.71. The van der Waals surface area contributed by atoms with Gasteiger partial charge in [0.15, 0.2) is 0 Å². The summed E-state index contributed by atoms with van der Waals surface area (Å²) in [5, 5.41) is 2.88. The van der Waals surface area contributed by atoms with Crippen molar-refractivity contribution in [1.29, 1.82) is 0 Å². The largest absolute Gasteiger partial charge is 0.326 e. The molecule has 1 aliphatic carbocycles. The van der Waals surface area contributed by atoms with Crippen LogP contribution in [0.15, 0.2) is 41.3 Å². The highest BCUT2D eigenvalue weighted by atomic mass is 32.2. The Morgan fingerprint density at radius 2 is 1.78 bits per heavy atom. The molecule has 0 bridgehead atoms. The third-order valence-corrected chi connectivity index (χ3v) is 6.90. The van der Waals surface area contributed by atoms with Crippen LogP contribution in [0.2, 0.25) is 0 Å². The zero-order valence-electron chi connectivity index (χ0n) is 15.8. The minimum atomic E-state index is -3.59. The summed E-state index contributed by atoms with van der Waals surface area (Å²) in [6.45, 7) is 3.67. The van der Waals surface area contributed by atoms with Crippen LogP contribution in [-0.4, -0.2) is 32.7 Å². The summed E-state index contributed by atoms with van der Waals surface area (Å²) in [5.74, 6) is -0.568. The lowest BCUT2D eigenvalue weighted by Crippen LogP contribution is -2.23. The zero-order chi connectivity index (χ0) is 19.9. The molecule has 7 heteroatoms. The Labute approximate surface area is 159 Å². The molecule has 0 saturated heterocycles. The smallest absolute Gasteiger partial charge is 0.242 e. The van der Waals surface area contributed by atoms with Crippen molar-refractivity contribution < 1.29 is 17.6 Å². The Kier molecular flexibility index (Phi) is 5.10. The predicted molar refractivity (Wildman–Crippen MR) is 103 cm³/mol. The average Bonchev–Trinajstić information content (AvgIpc) is 3.40. The molecule has 1 amide bonds. The van der Waals surface area contributed by atoms with Gasteiger partial charge in [-0.05, 0) is 67.1 Å². The van der Waals surface area contributed by atoms with Crippen LogP contribution in [0.25, 0.3) is 0 Å². The van der Waals surface area contributed by atoms with Crippen molar-refractivity contribution in [3.63, 3.8) is 0 Å². The third-order valence-electron chi connectivity index (χ3n) is 5.10. The summed E-state index contributed by atoms with van der Waals surface area (Å²) in [6.07, 6.45) is 0.700. The van der Waals surface area contributed by atoms with Gasteiger partial charge >= 0.3 is 0 Å². The summed E-state index contributed by atoms with van der Waals surface area (Å²) in [6, 6.07) is 9.31.